The van der Waals surface area contributed by atoms with Gasteiger partial charge in [-0.05, 0) is 24.2 Å². The molecule has 0 aliphatic carbocycles. The summed E-state index contributed by atoms with van der Waals surface area (Å²) in [6, 6.07) is 1.92. The number of ketones is 1. The maximum atomic E-state index is 10.9. The summed E-state index contributed by atoms with van der Waals surface area (Å²) in [7, 11) is 0. The highest BCUT2D eigenvalue weighted by molar-refractivity contribution is 8.28. The van der Waals surface area contributed by atoms with E-state index in [1.807, 2.05) is 18.4 Å². The van der Waals surface area contributed by atoms with Crippen LogP contribution in [0.25, 0.3) is 0 Å². The number of carbonyl (C=O) groups is 1. The molecule has 1 rings (SSSR count). The first-order valence-corrected chi connectivity index (χ1v) is 5.01. The van der Waals surface area contributed by atoms with Crippen LogP contribution in [0.1, 0.15) is 13.8 Å². The minimum Gasteiger partial charge on any atom is -0.294 e. The zero-order valence-electron chi connectivity index (χ0n) is 6.75. The predicted molar refractivity (Wildman–Crippen MR) is 52.3 cm³/mol. The van der Waals surface area contributed by atoms with E-state index >= 15 is 0 Å². The first-order valence-electron chi connectivity index (χ1n) is 3.31. The van der Waals surface area contributed by atoms with Crippen molar-refractivity contribution in [2.24, 2.45) is 0 Å². The molecule has 0 radical (unpaired) electrons. The van der Waals surface area contributed by atoms with Crippen molar-refractivity contribution in [1.82, 2.24) is 0 Å². The van der Waals surface area contributed by atoms with Gasteiger partial charge in [0.05, 0.1) is 4.24 Å². The molecule has 4 heteroatoms. The molecule has 62 valence electrons. The third-order valence-electron chi connectivity index (χ3n) is 1.25. The number of carbonyl (C=O) groups excluding carboxylic acids is 1. The maximum absolute atomic E-state index is 10.9. The Morgan fingerprint density at radius 3 is 2.67 bits per heavy atom. The molecular weight excluding hydrogens is 190 g/mol. The number of thioether (sulfide) groups is 2. The van der Waals surface area contributed by atoms with Crippen LogP contribution in [0, 0.1) is 11.3 Å². The number of allylic oxidation sites excluding steroid dienone is 2. The molecule has 0 aromatic heterocycles. The van der Waals surface area contributed by atoms with Gasteiger partial charge in [-0.25, -0.2) is 0 Å². The topological polar surface area (TPSA) is 40.9 Å². The lowest BCUT2D eigenvalue weighted by molar-refractivity contribution is -0.113. The zero-order chi connectivity index (χ0) is 9.14. The van der Waals surface area contributed by atoms with Gasteiger partial charge in [-0.15, -0.1) is 0 Å². The molecule has 1 heterocycles. The smallest absolute Gasteiger partial charge is 0.172 e. The second kappa shape index (κ2) is 3.83. The zero-order valence-corrected chi connectivity index (χ0v) is 8.38. The second-order valence-corrected chi connectivity index (χ2v) is 4.67. The van der Waals surface area contributed by atoms with E-state index in [2.05, 4.69) is 0 Å². The molecule has 0 aromatic rings. The van der Waals surface area contributed by atoms with Gasteiger partial charge in [0.25, 0.3) is 0 Å². The standard InChI is InChI=1S/C8H7NOS2/c1-5-4-11-8(12-5)7(3-9)6(2)10/h4H,1-2H3/b8-7+. The number of hydrogen-bond donors (Lipinski definition) is 0. The van der Waals surface area contributed by atoms with Gasteiger partial charge in [-0.1, -0.05) is 23.5 Å². The Balaban J connectivity index is 2.93. The van der Waals surface area contributed by atoms with Crippen LogP contribution < -0.4 is 0 Å². The van der Waals surface area contributed by atoms with Gasteiger partial charge in [0.1, 0.15) is 11.6 Å². The fourth-order valence-corrected chi connectivity index (χ4v) is 2.94. The van der Waals surface area contributed by atoms with E-state index in [1.165, 1.54) is 30.4 Å². The summed E-state index contributed by atoms with van der Waals surface area (Å²) >= 11 is 2.94. The minimum atomic E-state index is -0.157. The van der Waals surface area contributed by atoms with Gasteiger partial charge in [0, 0.05) is 0 Å². The Morgan fingerprint density at radius 1 is 1.67 bits per heavy atom. The van der Waals surface area contributed by atoms with E-state index in [1.54, 1.807) is 0 Å². The molecule has 0 bridgehead atoms. The highest BCUT2D eigenvalue weighted by Crippen LogP contribution is 2.44. The molecule has 0 unspecified atom stereocenters. The van der Waals surface area contributed by atoms with E-state index in [9.17, 15) is 4.79 Å². The summed E-state index contributed by atoms with van der Waals surface area (Å²) in [5.74, 6) is -0.157. The van der Waals surface area contributed by atoms with Crippen molar-refractivity contribution < 1.29 is 4.79 Å². The number of Topliss-reactive ketones (excluding diaryl/α,β-unsaturated/α-hetero) is 1. The fourth-order valence-electron chi connectivity index (χ4n) is 0.709. The molecule has 0 saturated carbocycles. The molecule has 0 spiro atoms. The summed E-state index contributed by atoms with van der Waals surface area (Å²) < 4.78 is 0.808. The summed E-state index contributed by atoms with van der Waals surface area (Å²) in [5, 5.41) is 10.6. The second-order valence-electron chi connectivity index (χ2n) is 2.28. The summed E-state index contributed by atoms with van der Waals surface area (Å²) in [6.07, 6.45) is 0. The van der Waals surface area contributed by atoms with Gasteiger partial charge >= 0.3 is 0 Å². The van der Waals surface area contributed by atoms with Crippen molar-refractivity contribution in [2.45, 2.75) is 13.8 Å². The number of nitrogens with zero attached hydrogens (tertiary/aromatic N) is 1. The van der Waals surface area contributed by atoms with Crippen LogP contribution in [0.3, 0.4) is 0 Å². The van der Waals surface area contributed by atoms with Crippen molar-refractivity contribution in [1.29, 1.82) is 5.26 Å². The van der Waals surface area contributed by atoms with Gasteiger partial charge in [0.2, 0.25) is 0 Å². The van der Waals surface area contributed by atoms with Crippen LogP contribution in [0.5, 0.6) is 0 Å². The van der Waals surface area contributed by atoms with Crippen LogP contribution in [-0.4, -0.2) is 5.78 Å². The fraction of sp³-hybridized carbons (Fsp3) is 0.250. The van der Waals surface area contributed by atoms with Gasteiger partial charge in [-0.3, -0.25) is 4.79 Å². The molecule has 2 nitrogen and oxygen atoms in total. The normalized spacial score (nSPS) is 19.9. The Labute approximate surface area is 79.7 Å². The highest BCUT2D eigenvalue weighted by atomic mass is 32.2. The van der Waals surface area contributed by atoms with Crippen LogP contribution in [-0.2, 0) is 4.79 Å². The SMILES string of the molecule is CC(=O)/C(C#N)=C1\SC=C(C)S1. The maximum Gasteiger partial charge on any atom is 0.172 e. The Morgan fingerprint density at radius 2 is 2.33 bits per heavy atom. The highest BCUT2D eigenvalue weighted by Gasteiger charge is 2.16. The lowest BCUT2D eigenvalue weighted by Gasteiger charge is -1.96. The molecule has 0 N–H and O–H groups in total. The molecule has 0 fully saturated rings. The summed E-state index contributed by atoms with van der Waals surface area (Å²) in [5.41, 5.74) is 0.276. The first kappa shape index (κ1) is 9.43. The number of hydrogen-bond acceptors (Lipinski definition) is 4. The number of nitriles is 1. The predicted octanol–water partition coefficient (Wildman–Crippen LogP) is 2.65. The lowest BCUT2D eigenvalue weighted by Crippen LogP contribution is -1.94. The third kappa shape index (κ3) is 1.93. The van der Waals surface area contributed by atoms with E-state index < -0.39 is 0 Å². The van der Waals surface area contributed by atoms with E-state index in [0.717, 1.165) is 9.14 Å². The van der Waals surface area contributed by atoms with Gasteiger partial charge < -0.3 is 0 Å². The van der Waals surface area contributed by atoms with Crippen LogP contribution >= 0.6 is 23.5 Å². The quantitative estimate of drug-likeness (QED) is 0.478. The minimum absolute atomic E-state index is 0.157. The molecule has 0 atom stereocenters. The monoisotopic (exact) mass is 197 g/mol. The summed E-state index contributed by atoms with van der Waals surface area (Å²) in [4.78, 5) is 12.1. The van der Waals surface area contributed by atoms with Crippen molar-refractivity contribution in [3.8, 4) is 6.07 Å². The molecule has 0 amide bonds. The van der Waals surface area contributed by atoms with E-state index in [-0.39, 0.29) is 11.4 Å². The average Bonchev–Trinajstić information content (AvgIpc) is 2.37. The molecule has 1 aliphatic rings. The van der Waals surface area contributed by atoms with Crippen LogP contribution in [0.2, 0.25) is 0 Å². The molecule has 0 aromatic carbocycles. The van der Waals surface area contributed by atoms with E-state index in [0.29, 0.717) is 0 Å². The Bertz CT molecular complexity index is 322. The van der Waals surface area contributed by atoms with Crippen molar-refractivity contribution in [3.05, 3.63) is 20.1 Å². The first-order chi connectivity index (χ1) is 5.65. The van der Waals surface area contributed by atoms with E-state index in [4.69, 9.17) is 5.26 Å². The van der Waals surface area contributed by atoms with Gasteiger partial charge in [0.15, 0.2) is 5.78 Å². The molecule has 1 aliphatic heterocycles. The van der Waals surface area contributed by atoms with Gasteiger partial charge in [-0.2, -0.15) is 5.26 Å². The van der Waals surface area contributed by atoms with Crippen LogP contribution in [0.15, 0.2) is 20.1 Å². The van der Waals surface area contributed by atoms with Crippen molar-refractivity contribution >= 4 is 29.3 Å². The lowest BCUT2D eigenvalue weighted by atomic mass is 10.2. The third-order valence-corrected chi connectivity index (χ3v) is 3.66. The Kier molecular flexibility index (Phi) is 3.01. The molecule has 0 saturated heterocycles. The largest absolute Gasteiger partial charge is 0.294 e. The molecule has 12 heavy (non-hydrogen) atoms. The van der Waals surface area contributed by atoms with Crippen LogP contribution in [0.4, 0.5) is 0 Å². The number of rotatable bonds is 1. The van der Waals surface area contributed by atoms with Crippen molar-refractivity contribution in [3.63, 3.8) is 0 Å². The van der Waals surface area contributed by atoms with Crippen molar-refractivity contribution in [2.75, 3.05) is 0 Å². The molecular formula is C8H7NOS2. The Hall–Kier alpha value is -0.660. The summed E-state index contributed by atoms with van der Waals surface area (Å²) in [6.45, 7) is 3.38. The average molecular weight is 197 g/mol.